The zero-order valence-electron chi connectivity index (χ0n) is 15.8. The molecule has 1 aromatic rings. The number of rotatable bonds is 11. The number of hydroxylamine groups is 2. The highest BCUT2D eigenvalue weighted by atomic mass is 16.7. The van der Waals surface area contributed by atoms with Crippen molar-refractivity contribution in [1.82, 2.24) is 5.06 Å². The number of unbranched alkanes of at least 4 members (excludes halogenated alkanes) is 6. The summed E-state index contributed by atoms with van der Waals surface area (Å²) in [6, 6.07) is 9.99. The maximum absolute atomic E-state index is 9.53. The first-order chi connectivity index (χ1) is 12.8. The molecule has 0 aliphatic heterocycles. The molecule has 2 rings (SSSR count). The van der Waals surface area contributed by atoms with Crippen LogP contribution in [0.4, 0.5) is 0 Å². The molecule has 0 heterocycles. The van der Waals surface area contributed by atoms with Crippen molar-refractivity contribution in [2.24, 2.45) is 0 Å². The van der Waals surface area contributed by atoms with E-state index < -0.39 is 0 Å². The molecule has 0 amide bonds. The van der Waals surface area contributed by atoms with Crippen molar-refractivity contribution in [2.75, 3.05) is 6.61 Å². The second kappa shape index (κ2) is 12.1. The Balaban J connectivity index is 1.83. The van der Waals surface area contributed by atoms with Gasteiger partial charge in [-0.2, -0.15) is 10.3 Å². The van der Waals surface area contributed by atoms with Crippen LogP contribution >= 0.6 is 0 Å². The number of nitrogens with zero attached hydrogens (tertiary/aromatic N) is 2. The summed E-state index contributed by atoms with van der Waals surface area (Å²) in [5.74, 6) is 0. The Hall–Kier alpha value is -2.31. The van der Waals surface area contributed by atoms with E-state index in [4.69, 9.17) is 4.84 Å². The molecule has 1 atom stereocenters. The minimum absolute atomic E-state index is 0.172. The zero-order chi connectivity index (χ0) is 18.5. The standard InChI is InChI=1S/C23H30N2O/c1-2-3-4-5-6-7-13-18-26-25(20-24)23-17-12-11-16-22(23)19-21-14-9-8-10-15-21/h8-12,14-17,19,23H,2-7,13,18H2,1H3. The van der Waals surface area contributed by atoms with Crippen LogP contribution in [0.2, 0.25) is 0 Å². The lowest BCUT2D eigenvalue weighted by molar-refractivity contribution is -0.123. The Labute approximate surface area is 158 Å². The SMILES string of the molecule is CCCCCCCCCON(C#N)C1C=CC=CC1=Cc1ccccc1. The van der Waals surface area contributed by atoms with Crippen LogP contribution in [0.1, 0.15) is 57.4 Å². The topological polar surface area (TPSA) is 36.3 Å². The van der Waals surface area contributed by atoms with Gasteiger partial charge in [0.2, 0.25) is 6.19 Å². The summed E-state index contributed by atoms with van der Waals surface area (Å²) in [7, 11) is 0. The first-order valence-electron chi connectivity index (χ1n) is 9.78. The molecule has 138 valence electrons. The van der Waals surface area contributed by atoms with Crippen LogP contribution in [0.15, 0.2) is 60.2 Å². The van der Waals surface area contributed by atoms with Gasteiger partial charge in [-0.05, 0) is 23.6 Å². The fraction of sp³-hybridized carbons (Fsp3) is 0.435. The molecule has 0 aromatic heterocycles. The predicted octanol–water partition coefficient (Wildman–Crippen LogP) is 6.03. The van der Waals surface area contributed by atoms with Crippen molar-refractivity contribution in [2.45, 2.75) is 57.9 Å². The highest BCUT2D eigenvalue weighted by molar-refractivity contribution is 5.59. The average molecular weight is 351 g/mol. The highest BCUT2D eigenvalue weighted by Crippen LogP contribution is 2.21. The maximum atomic E-state index is 9.53. The van der Waals surface area contributed by atoms with Crippen LogP contribution in [-0.2, 0) is 4.84 Å². The fourth-order valence-corrected chi connectivity index (χ4v) is 3.03. The lowest BCUT2D eigenvalue weighted by Crippen LogP contribution is -2.32. The van der Waals surface area contributed by atoms with E-state index in [9.17, 15) is 5.26 Å². The van der Waals surface area contributed by atoms with Crippen molar-refractivity contribution in [3.63, 3.8) is 0 Å². The molecule has 1 unspecified atom stereocenters. The van der Waals surface area contributed by atoms with Gasteiger partial charge in [0.25, 0.3) is 0 Å². The van der Waals surface area contributed by atoms with E-state index in [0.29, 0.717) is 6.61 Å². The fourth-order valence-electron chi connectivity index (χ4n) is 3.03. The van der Waals surface area contributed by atoms with Gasteiger partial charge in [0.05, 0.1) is 6.61 Å². The molecule has 1 aliphatic carbocycles. The number of allylic oxidation sites excluding steroid dienone is 2. The van der Waals surface area contributed by atoms with E-state index in [-0.39, 0.29) is 6.04 Å². The third-order valence-electron chi connectivity index (χ3n) is 4.50. The minimum Gasteiger partial charge on any atom is -0.263 e. The van der Waals surface area contributed by atoms with Gasteiger partial charge in [-0.3, -0.25) is 4.84 Å². The van der Waals surface area contributed by atoms with Crippen LogP contribution in [-0.4, -0.2) is 17.7 Å². The molecule has 3 heteroatoms. The van der Waals surface area contributed by atoms with E-state index in [1.54, 1.807) is 0 Å². The number of hydrogen-bond donors (Lipinski definition) is 0. The van der Waals surface area contributed by atoms with E-state index in [2.05, 4.69) is 31.3 Å². The number of nitriles is 1. The first-order valence-corrected chi connectivity index (χ1v) is 9.78. The van der Waals surface area contributed by atoms with Crippen molar-refractivity contribution in [3.8, 4) is 6.19 Å². The quantitative estimate of drug-likeness (QED) is 0.211. The average Bonchev–Trinajstić information content (AvgIpc) is 2.68. The second-order valence-electron chi connectivity index (χ2n) is 6.62. The summed E-state index contributed by atoms with van der Waals surface area (Å²) in [4.78, 5) is 5.77. The van der Waals surface area contributed by atoms with E-state index in [1.807, 2.05) is 42.5 Å². The highest BCUT2D eigenvalue weighted by Gasteiger charge is 2.20. The Morgan fingerprint density at radius 2 is 1.77 bits per heavy atom. The Bertz CT molecular complexity index is 640. The van der Waals surface area contributed by atoms with Gasteiger partial charge >= 0.3 is 0 Å². The third kappa shape index (κ3) is 6.90. The van der Waals surface area contributed by atoms with Crippen molar-refractivity contribution >= 4 is 6.08 Å². The van der Waals surface area contributed by atoms with Gasteiger partial charge in [0, 0.05) is 0 Å². The molecule has 3 nitrogen and oxygen atoms in total. The summed E-state index contributed by atoms with van der Waals surface area (Å²) >= 11 is 0. The normalized spacial score (nSPS) is 17.4. The lowest BCUT2D eigenvalue weighted by atomic mass is 9.99. The van der Waals surface area contributed by atoms with Gasteiger partial charge in [-0.25, -0.2) is 0 Å². The van der Waals surface area contributed by atoms with Crippen LogP contribution in [0.5, 0.6) is 0 Å². The van der Waals surface area contributed by atoms with Crippen molar-refractivity contribution < 1.29 is 4.84 Å². The van der Waals surface area contributed by atoms with E-state index in [0.717, 1.165) is 24.0 Å². The van der Waals surface area contributed by atoms with Crippen molar-refractivity contribution in [1.29, 1.82) is 5.26 Å². The molecule has 0 bridgehead atoms. The molecule has 0 radical (unpaired) electrons. The van der Waals surface area contributed by atoms with Crippen LogP contribution < -0.4 is 0 Å². The monoisotopic (exact) mass is 350 g/mol. The minimum atomic E-state index is -0.172. The van der Waals surface area contributed by atoms with Crippen LogP contribution in [0.3, 0.4) is 0 Å². The van der Waals surface area contributed by atoms with Gasteiger partial charge < -0.3 is 0 Å². The molecule has 1 aliphatic rings. The largest absolute Gasteiger partial charge is 0.263 e. The van der Waals surface area contributed by atoms with Gasteiger partial charge in [0.1, 0.15) is 6.04 Å². The molecule has 0 spiro atoms. The second-order valence-corrected chi connectivity index (χ2v) is 6.62. The smallest absolute Gasteiger partial charge is 0.206 e. The molecule has 0 N–H and O–H groups in total. The summed E-state index contributed by atoms with van der Waals surface area (Å²) in [6.45, 7) is 2.83. The summed E-state index contributed by atoms with van der Waals surface area (Å²) in [5, 5.41) is 11.0. The summed E-state index contributed by atoms with van der Waals surface area (Å²) in [5.41, 5.74) is 2.18. The molecular formula is C23H30N2O. The van der Waals surface area contributed by atoms with Crippen molar-refractivity contribution in [3.05, 3.63) is 65.8 Å². The Kier molecular flexibility index (Phi) is 9.32. The van der Waals surface area contributed by atoms with Gasteiger partial charge in [-0.1, -0.05) is 100 Å². The molecule has 0 fully saturated rings. The molecule has 0 saturated carbocycles. The van der Waals surface area contributed by atoms with E-state index in [1.165, 1.54) is 37.2 Å². The van der Waals surface area contributed by atoms with Crippen LogP contribution in [0.25, 0.3) is 6.08 Å². The molecule has 1 aromatic carbocycles. The maximum Gasteiger partial charge on any atom is 0.206 e. The van der Waals surface area contributed by atoms with Gasteiger partial charge in [0.15, 0.2) is 0 Å². The predicted molar refractivity (Wildman–Crippen MR) is 108 cm³/mol. The first kappa shape index (κ1) is 20.0. The zero-order valence-corrected chi connectivity index (χ0v) is 15.8. The third-order valence-corrected chi connectivity index (χ3v) is 4.50. The number of hydrogen-bond acceptors (Lipinski definition) is 3. The molecule has 0 saturated heterocycles. The lowest BCUT2D eigenvalue weighted by Gasteiger charge is -2.26. The Morgan fingerprint density at radius 1 is 1.04 bits per heavy atom. The summed E-state index contributed by atoms with van der Waals surface area (Å²) in [6.07, 6.45) is 21.0. The molecule has 26 heavy (non-hydrogen) atoms. The van der Waals surface area contributed by atoms with Gasteiger partial charge in [-0.15, -0.1) is 0 Å². The van der Waals surface area contributed by atoms with Crippen LogP contribution in [0, 0.1) is 11.5 Å². The van der Waals surface area contributed by atoms with E-state index >= 15 is 0 Å². The number of benzene rings is 1. The Morgan fingerprint density at radius 3 is 2.50 bits per heavy atom. The molecular weight excluding hydrogens is 320 g/mol. The summed E-state index contributed by atoms with van der Waals surface area (Å²) < 4.78 is 0.